The number of ketones is 1. The van der Waals surface area contributed by atoms with Crippen LogP contribution >= 0.6 is 0 Å². The van der Waals surface area contributed by atoms with E-state index in [-0.39, 0.29) is 24.5 Å². The molecule has 6 heteroatoms. The molecule has 2 rings (SSSR count). The van der Waals surface area contributed by atoms with E-state index in [2.05, 4.69) is 5.32 Å². The van der Waals surface area contributed by atoms with Crippen LogP contribution in [0.1, 0.15) is 52.5 Å². The van der Waals surface area contributed by atoms with Gasteiger partial charge in [-0.05, 0) is 49.7 Å². The van der Waals surface area contributed by atoms with E-state index in [1.165, 1.54) is 7.11 Å². The number of Topliss-reactive ketones (excluding diaryl/α,β-unsaturated/α-hetero) is 1. The zero-order valence-corrected chi connectivity index (χ0v) is 16.4. The van der Waals surface area contributed by atoms with Gasteiger partial charge in [-0.1, -0.05) is 18.6 Å². The number of rotatable bonds is 9. The lowest BCUT2D eigenvalue weighted by atomic mass is 10.0. The summed E-state index contributed by atoms with van der Waals surface area (Å²) in [4.78, 5) is 36.3. The average Bonchev–Trinajstić information content (AvgIpc) is 2.70. The van der Waals surface area contributed by atoms with E-state index in [4.69, 9.17) is 9.47 Å². The van der Waals surface area contributed by atoms with Crippen molar-refractivity contribution in [1.82, 2.24) is 0 Å². The molecule has 0 saturated heterocycles. The Balaban J connectivity index is 1.89. The topological polar surface area (TPSA) is 81.7 Å². The Kier molecular flexibility index (Phi) is 7.75. The Morgan fingerprint density at radius 3 is 2.36 bits per heavy atom. The quantitative estimate of drug-likeness (QED) is 0.519. The first-order valence-electron chi connectivity index (χ1n) is 9.19. The molecule has 0 spiro atoms. The van der Waals surface area contributed by atoms with Crippen LogP contribution in [0.25, 0.3) is 0 Å². The van der Waals surface area contributed by atoms with Crippen molar-refractivity contribution >= 4 is 23.3 Å². The molecule has 0 aliphatic heterocycles. The molecule has 0 aromatic heterocycles. The summed E-state index contributed by atoms with van der Waals surface area (Å²) in [6.45, 7) is 4.19. The van der Waals surface area contributed by atoms with E-state index in [0.717, 1.165) is 12.0 Å². The van der Waals surface area contributed by atoms with Crippen LogP contribution < -0.4 is 10.1 Å². The van der Waals surface area contributed by atoms with Crippen molar-refractivity contribution in [2.75, 3.05) is 19.0 Å². The minimum Gasteiger partial charge on any atom is -0.496 e. The molecule has 1 N–H and O–H groups in total. The Labute approximate surface area is 164 Å². The zero-order chi connectivity index (χ0) is 20.5. The molecule has 28 heavy (non-hydrogen) atoms. The first-order valence-corrected chi connectivity index (χ1v) is 9.19. The highest BCUT2D eigenvalue weighted by atomic mass is 16.5. The van der Waals surface area contributed by atoms with Crippen molar-refractivity contribution in [2.24, 2.45) is 0 Å². The number of methoxy groups -OCH3 is 1. The summed E-state index contributed by atoms with van der Waals surface area (Å²) in [7, 11) is 1.51. The summed E-state index contributed by atoms with van der Waals surface area (Å²) < 4.78 is 10.3. The smallest absolute Gasteiger partial charge is 0.338 e. The number of aryl methyl sites for hydroxylation is 1. The van der Waals surface area contributed by atoms with E-state index >= 15 is 0 Å². The first kappa shape index (κ1) is 21.2. The Morgan fingerprint density at radius 1 is 1.00 bits per heavy atom. The van der Waals surface area contributed by atoms with E-state index in [1.807, 2.05) is 19.9 Å². The molecule has 6 nitrogen and oxygen atoms in total. The average molecular weight is 383 g/mol. The molecule has 0 fully saturated rings. The third kappa shape index (κ3) is 5.94. The summed E-state index contributed by atoms with van der Waals surface area (Å²) >= 11 is 0. The van der Waals surface area contributed by atoms with Gasteiger partial charge in [0.15, 0.2) is 5.78 Å². The molecule has 0 radical (unpaired) electrons. The fourth-order valence-electron chi connectivity index (χ4n) is 2.59. The van der Waals surface area contributed by atoms with Crippen molar-refractivity contribution in [3.8, 4) is 5.75 Å². The molecule has 0 heterocycles. The van der Waals surface area contributed by atoms with Crippen LogP contribution in [0.2, 0.25) is 0 Å². The number of esters is 1. The van der Waals surface area contributed by atoms with Crippen LogP contribution in [0.5, 0.6) is 5.75 Å². The number of ether oxygens (including phenoxy) is 2. The van der Waals surface area contributed by atoms with Gasteiger partial charge < -0.3 is 14.8 Å². The largest absolute Gasteiger partial charge is 0.496 e. The van der Waals surface area contributed by atoms with Crippen LogP contribution in [0.3, 0.4) is 0 Å². The van der Waals surface area contributed by atoms with Gasteiger partial charge in [0.05, 0.1) is 24.8 Å². The highest BCUT2D eigenvalue weighted by molar-refractivity contribution is 6.02. The summed E-state index contributed by atoms with van der Waals surface area (Å²) in [6, 6.07) is 11.8. The van der Waals surface area contributed by atoms with Crippen LogP contribution in [-0.4, -0.2) is 31.4 Å². The number of carbonyl (C=O) groups excluding carboxylic acids is 3. The standard InChI is InChI=1S/C22H25NO5/c1-4-13-28-22(26)16-6-8-17(9-7-16)23-21(25)12-10-19(24)18-14-15(2)5-11-20(18)27-3/h5-9,11,14H,4,10,12-13H2,1-3H3,(H,23,25). The number of anilines is 1. The van der Waals surface area contributed by atoms with E-state index in [0.29, 0.717) is 29.2 Å². The predicted octanol–water partition coefficient (Wildman–Crippen LogP) is 4.17. The van der Waals surface area contributed by atoms with Crippen molar-refractivity contribution < 1.29 is 23.9 Å². The van der Waals surface area contributed by atoms with Gasteiger partial charge in [-0.25, -0.2) is 4.79 Å². The van der Waals surface area contributed by atoms with Crippen LogP contribution in [-0.2, 0) is 9.53 Å². The number of benzene rings is 2. The minimum absolute atomic E-state index is 0.0518. The summed E-state index contributed by atoms with van der Waals surface area (Å²) in [5, 5.41) is 2.72. The lowest BCUT2D eigenvalue weighted by Crippen LogP contribution is -2.14. The summed E-state index contributed by atoms with van der Waals surface area (Å²) in [5.41, 5.74) is 2.40. The number of carbonyl (C=O) groups is 3. The van der Waals surface area contributed by atoms with Crippen molar-refractivity contribution in [3.63, 3.8) is 0 Å². The Bertz CT molecular complexity index is 843. The van der Waals surface area contributed by atoms with Gasteiger partial charge in [0.25, 0.3) is 0 Å². The van der Waals surface area contributed by atoms with Crippen LogP contribution in [0.4, 0.5) is 5.69 Å². The lowest BCUT2D eigenvalue weighted by molar-refractivity contribution is -0.116. The number of amides is 1. The molecule has 0 unspecified atom stereocenters. The van der Waals surface area contributed by atoms with Crippen molar-refractivity contribution in [1.29, 1.82) is 0 Å². The van der Waals surface area contributed by atoms with Gasteiger partial charge in [0.1, 0.15) is 5.75 Å². The van der Waals surface area contributed by atoms with Gasteiger partial charge in [-0.15, -0.1) is 0 Å². The molecule has 2 aromatic carbocycles. The molecule has 0 saturated carbocycles. The highest BCUT2D eigenvalue weighted by Crippen LogP contribution is 2.22. The van der Waals surface area contributed by atoms with Gasteiger partial charge in [0.2, 0.25) is 5.91 Å². The highest BCUT2D eigenvalue weighted by Gasteiger charge is 2.14. The second kappa shape index (κ2) is 10.3. The normalized spacial score (nSPS) is 10.2. The number of hydrogen-bond donors (Lipinski definition) is 1. The van der Waals surface area contributed by atoms with Crippen molar-refractivity contribution in [3.05, 3.63) is 59.2 Å². The second-order valence-corrected chi connectivity index (χ2v) is 6.39. The van der Waals surface area contributed by atoms with E-state index in [9.17, 15) is 14.4 Å². The van der Waals surface area contributed by atoms with Crippen molar-refractivity contribution in [2.45, 2.75) is 33.1 Å². The SMILES string of the molecule is CCCOC(=O)c1ccc(NC(=O)CCC(=O)c2cc(C)ccc2OC)cc1. The van der Waals surface area contributed by atoms with E-state index < -0.39 is 5.97 Å². The number of hydrogen-bond acceptors (Lipinski definition) is 5. The minimum atomic E-state index is -0.391. The first-order chi connectivity index (χ1) is 13.4. The molecular weight excluding hydrogens is 358 g/mol. The lowest BCUT2D eigenvalue weighted by Gasteiger charge is -2.09. The fourth-order valence-corrected chi connectivity index (χ4v) is 2.59. The predicted molar refractivity (Wildman–Crippen MR) is 107 cm³/mol. The monoisotopic (exact) mass is 383 g/mol. The van der Waals surface area contributed by atoms with Crippen LogP contribution in [0.15, 0.2) is 42.5 Å². The maximum Gasteiger partial charge on any atom is 0.338 e. The van der Waals surface area contributed by atoms with E-state index in [1.54, 1.807) is 36.4 Å². The molecule has 0 aliphatic carbocycles. The maximum absolute atomic E-state index is 12.4. The molecule has 0 bridgehead atoms. The molecule has 148 valence electrons. The molecule has 2 aromatic rings. The number of nitrogens with one attached hydrogen (secondary N) is 1. The van der Waals surface area contributed by atoms with Gasteiger partial charge in [-0.2, -0.15) is 0 Å². The Hall–Kier alpha value is -3.15. The zero-order valence-electron chi connectivity index (χ0n) is 16.4. The molecule has 0 aliphatic rings. The molecular formula is C22H25NO5. The third-order valence-electron chi connectivity index (χ3n) is 4.08. The second-order valence-electron chi connectivity index (χ2n) is 6.39. The van der Waals surface area contributed by atoms with Gasteiger partial charge in [-0.3, -0.25) is 9.59 Å². The maximum atomic E-state index is 12.4. The molecule has 0 atom stereocenters. The van der Waals surface area contributed by atoms with Gasteiger partial charge >= 0.3 is 5.97 Å². The Morgan fingerprint density at radius 2 is 1.71 bits per heavy atom. The van der Waals surface area contributed by atoms with Crippen LogP contribution in [0, 0.1) is 6.92 Å². The molecule has 1 amide bonds. The fraction of sp³-hybridized carbons (Fsp3) is 0.318. The summed E-state index contributed by atoms with van der Waals surface area (Å²) in [6.07, 6.45) is 0.885. The summed E-state index contributed by atoms with van der Waals surface area (Å²) in [5.74, 6) is -0.315. The third-order valence-corrected chi connectivity index (χ3v) is 4.08. The van der Waals surface area contributed by atoms with Gasteiger partial charge in [0, 0.05) is 18.5 Å².